The van der Waals surface area contributed by atoms with Gasteiger partial charge in [-0.25, -0.2) is 0 Å². The lowest BCUT2D eigenvalue weighted by Crippen LogP contribution is -2.34. The molecule has 24 heavy (non-hydrogen) atoms. The monoisotopic (exact) mass is 355 g/mol. The van der Waals surface area contributed by atoms with E-state index < -0.39 is 0 Å². The Bertz CT molecular complexity index is 548. The predicted octanol–water partition coefficient (Wildman–Crippen LogP) is 2.70. The van der Waals surface area contributed by atoms with Crippen molar-refractivity contribution in [2.75, 3.05) is 19.6 Å². The summed E-state index contributed by atoms with van der Waals surface area (Å²) in [6, 6.07) is 6.67. The van der Waals surface area contributed by atoms with Gasteiger partial charge in [-0.2, -0.15) is 0 Å². The van der Waals surface area contributed by atoms with Crippen molar-refractivity contribution in [1.29, 1.82) is 0 Å². The number of nitro groups is 1. The highest BCUT2D eigenvalue weighted by Crippen LogP contribution is 2.24. The van der Waals surface area contributed by atoms with E-state index >= 15 is 0 Å². The first-order valence-electron chi connectivity index (χ1n) is 8.27. The van der Waals surface area contributed by atoms with Crippen LogP contribution in [0.25, 0.3) is 0 Å². The predicted molar refractivity (Wildman–Crippen MR) is 96.4 cm³/mol. The summed E-state index contributed by atoms with van der Waals surface area (Å²) in [6.07, 6.45) is 3.27. The molecule has 0 aromatic heterocycles. The Morgan fingerprint density at radius 1 is 1.38 bits per heavy atom. The molecule has 0 radical (unpaired) electrons. The van der Waals surface area contributed by atoms with Gasteiger partial charge >= 0.3 is 0 Å². The molecule has 134 valence electrons. The highest BCUT2D eigenvalue weighted by molar-refractivity contribution is 5.85. The van der Waals surface area contributed by atoms with Crippen LogP contribution >= 0.6 is 12.4 Å². The number of benzene rings is 1. The number of piperidine rings is 1. The molecule has 0 spiro atoms. The first-order valence-corrected chi connectivity index (χ1v) is 8.27. The van der Waals surface area contributed by atoms with E-state index in [4.69, 9.17) is 0 Å². The van der Waals surface area contributed by atoms with Gasteiger partial charge in [0.05, 0.1) is 4.92 Å². The van der Waals surface area contributed by atoms with Crippen molar-refractivity contribution < 1.29 is 9.72 Å². The molecule has 2 N–H and O–H groups in total. The van der Waals surface area contributed by atoms with Gasteiger partial charge in [0.1, 0.15) is 0 Å². The molecule has 0 saturated carbocycles. The molecule has 0 aliphatic carbocycles. The number of para-hydroxylation sites is 1. The molecule has 6 nitrogen and oxygen atoms in total. The van der Waals surface area contributed by atoms with Gasteiger partial charge in [-0.3, -0.25) is 14.9 Å². The summed E-state index contributed by atoms with van der Waals surface area (Å²) in [7, 11) is 0. The largest absolute Gasteiger partial charge is 0.356 e. The summed E-state index contributed by atoms with van der Waals surface area (Å²) >= 11 is 0. The molecule has 1 amide bonds. The van der Waals surface area contributed by atoms with E-state index in [0.29, 0.717) is 36.8 Å². The SMILES string of the molecule is CC(CC(=O)NCCc1ccccc1[N+](=O)[O-])C1CCNCC1.Cl. The Balaban J connectivity index is 0.00000288. The molecule has 0 bridgehead atoms. The molecular formula is C17H26ClN3O3. The topological polar surface area (TPSA) is 84.3 Å². The van der Waals surface area contributed by atoms with Gasteiger partial charge in [-0.15, -0.1) is 12.4 Å². The Labute approximate surface area is 149 Å². The average Bonchev–Trinajstić information content (AvgIpc) is 2.56. The van der Waals surface area contributed by atoms with E-state index in [-0.39, 0.29) is 28.9 Å². The van der Waals surface area contributed by atoms with Crippen LogP contribution in [0.1, 0.15) is 31.7 Å². The Morgan fingerprint density at radius 2 is 2.04 bits per heavy atom. The molecule has 1 atom stereocenters. The van der Waals surface area contributed by atoms with Crippen molar-refractivity contribution >= 4 is 24.0 Å². The summed E-state index contributed by atoms with van der Waals surface area (Å²) in [5, 5.41) is 17.2. The molecule has 1 aromatic rings. The number of halogens is 1. The number of hydrogen-bond donors (Lipinski definition) is 2. The van der Waals surface area contributed by atoms with Crippen LogP contribution in [-0.2, 0) is 11.2 Å². The average molecular weight is 356 g/mol. The Kier molecular flexibility index (Phi) is 8.71. The van der Waals surface area contributed by atoms with Gasteiger partial charge in [-0.1, -0.05) is 25.1 Å². The molecule has 1 fully saturated rings. The van der Waals surface area contributed by atoms with E-state index in [9.17, 15) is 14.9 Å². The molecule has 2 rings (SSSR count). The van der Waals surface area contributed by atoms with Gasteiger partial charge in [0.15, 0.2) is 0 Å². The molecule has 1 aliphatic heterocycles. The van der Waals surface area contributed by atoms with E-state index in [0.717, 1.165) is 25.9 Å². The van der Waals surface area contributed by atoms with Crippen LogP contribution in [0.5, 0.6) is 0 Å². The highest BCUT2D eigenvalue weighted by Gasteiger charge is 2.22. The third-order valence-electron chi connectivity index (χ3n) is 4.60. The second-order valence-electron chi connectivity index (χ2n) is 6.25. The van der Waals surface area contributed by atoms with Crippen molar-refractivity contribution in [3.8, 4) is 0 Å². The van der Waals surface area contributed by atoms with Crippen LogP contribution in [0.3, 0.4) is 0 Å². The first-order chi connectivity index (χ1) is 11.1. The van der Waals surface area contributed by atoms with Crippen molar-refractivity contribution in [2.45, 2.75) is 32.6 Å². The van der Waals surface area contributed by atoms with Crippen molar-refractivity contribution in [1.82, 2.24) is 10.6 Å². The number of carbonyl (C=O) groups is 1. The maximum Gasteiger partial charge on any atom is 0.272 e. The van der Waals surface area contributed by atoms with E-state index in [1.54, 1.807) is 18.2 Å². The lowest BCUT2D eigenvalue weighted by Gasteiger charge is -2.27. The first kappa shape index (κ1) is 20.4. The van der Waals surface area contributed by atoms with Gasteiger partial charge in [0.25, 0.3) is 5.69 Å². The second-order valence-corrected chi connectivity index (χ2v) is 6.25. The van der Waals surface area contributed by atoms with E-state index in [1.807, 2.05) is 0 Å². The molecule has 7 heteroatoms. The van der Waals surface area contributed by atoms with Crippen LogP contribution in [0.4, 0.5) is 5.69 Å². The van der Waals surface area contributed by atoms with Crippen molar-refractivity contribution in [3.63, 3.8) is 0 Å². The maximum absolute atomic E-state index is 12.0. The zero-order chi connectivity index (χ0) is 16.7. The molecule has 1 unspecified atom stereocenters. The highest BCUT2D eigenvalue weighted by atomic mass is 35.5. The Morgan fingerprint density at radius 3 is 2.71 bits per heavy atom. The smallest absolute Gasteiger partial charge is 0.272 e. The fourth-order valence-corrected chi connectivity index (χ4v) is 3.18. The molecule has 1 aromatic carbocycles. The molecular weight excluding hydrogens is 330 g/mol. The van der Waals surface area contributed by atoms with Crippen molar-refractivity contribution in [3.05, 3.63) is 39.9 Å². The number of nitrogens with zero attached hydrogens (tertiary/aromatic N) is 1. The number of amides is 1. The summed E-state index contributed by atoms with van der Waals surface area (Å²) in [5.41, 5.74) is 0.772. The van der Waals surface area contributed by atoms with Crippen LogP contribution in [0.2, 0.25) is 0 Å². The van der Waals surface area contributed by atoms with Crippen LogP contribution < -0.4 is 10.6 Å². The maximum atomic E-state index is 12.0. The number of carbonyl (C=O) groups excluding carboxylic acids is 1. The number of nitrogens with one attached hydrogen (secondary N) is 2. The van der Waals surface area contributed by atoms with Gasteiger partial charge in [0.2, 0.25) is 5.91 Å². The number of hydrogen-bond acceptors (Lipinski definition) is 4. The van der Waals surface area contributed by atoms with Crippen LogP contribution in [0.15, 0.2) is 24.3 Å². The summed E-state index contributed by atoms with van der Waals surface area (Å²) < 4.78 is 0. The molecule has 1 heterocycles. The fraction of sp³-hybridized carbons (Fsp3) is 0.588. The Hall–Kier alpha value is -1.66. The van der Waals surface area contributed by atoms with E-state index in [1.165, 1.54) is 6.07 Å². The second kappa shape index (κ2) is 10.3. The quantitative estimate of drug-likeness (QED) is 0.581. The standard InChI is InChI=1S/C17H25N3O3.ClH/c1-13(14-6-9-18-10-7-14)12-17(21)19-11-8-15-4-2-3-5-16(15)20(22)23;/h2-5,13-14,18H,6-12H2,1H3,(H,19,21);1H. The summed E-state index contributed by atoms with van der Waals surface area (Å²) in [5.74, 6) is 1.02. The van der Waals surface area contributed by atoms with Gasteiger partial charge in [0, 0.05) is 24.6 Å². The third kappa shape index (κ3) is 6.09. The lowest BCUT2D eigenvalue weighted by atomic mass is 9.84. The zero-order valence-corrected chi connectivity index (χ0v) is 14.8. The lowest BCUT2D eigenvalue weighted by molar-refractivity contribution is -0.385. The van der Waals surface area contributed by atoms with Crippen LogP contribution in [0, 0.1) is 22.0 Å². The normalized spacial score (nSPS) is 16.0. The minimum Gasteiger partial charge on any atom is -0.356 e. The van der Waals surface area contributed by atoms with Gasteiger partial charge in [-0.05, 0) is 44.2 Å². The summed E-state index contributed by atoms with van der Waals surface area (Å²) in [4.78, 5) is 22.6. The molecule has 1 saturated heterocycles. The zero-order valence-electron chi connectivity index (χ0n) is 14.0. The number of nitro benzene ring substituents is 1. The summed E-state index contributed by atoms with van der Waals surface area (Å²) in [6.45, 7) is 4.64. The minimum atomic E-state index is -0.379. The van der Waals surface area contributed by atoms with Crippen LogP contribution in [-0.4, -0.2) is 30.5 Å². The van der Waals surface area contributed by atoms with Crippen molar-refractivity contribution in [2.24, 2.45) is 11.8 Å². The number of rotatable bonds is 7. The van der Waals surface area contributed by atoms with E-state index in [2.05, 4.69) is 17.6 Å². The van der Waals surface area contributed by atoms with Gasteiger partial charge < -0.3 is 10.6 Å². The molecule has 1 aliphatic rings. The fourth-order valence-electron chi connectivity index (χ4n) is 3.18. The minimum absolute atomic E-state index is 0. The third-order valence-corrected chi connectivity index (χ3v) is 4.60.